The van der Waals surface area contributed by atoms with Gasteiger partial charge < -0.3 is 20.4 Å². The van der Waals surface area contributed by atoms with Crippen LogP contribution in [-0.4, -0.2) is 44.3 Å². The van der Waals surface area contributed by atoms with Gasteiger partial charge in [0.15, 0.2) is 0 Å². The van der Waals surface area contributed by atoms with Crippen molar-refractivity contribution in [3.05, 3.63) is 118 Å². The second-order valence-corrected chi connectivity index (χ2v) is 9.53. The van der Waals surface area contributed by atoms with Gasteiger partial charge in [0.2, 0.25) is 0 Å². The standard InChI is InChI=1S/C31H24O8/c1-31(2,21-7-3-5-17(13-21)19-9-11-23(27(32)33)25(15-19)29(36)37)22-8-4-6-18(14-22)20-10-12-24(28(34)35)26(16-20)30(38)39/h3-16H,1-2H3,(H,32,33)(H,34,35)(H,36,37)(H,38,39). The summed E-state index contributed by atoms with van der Waals surface area (Å²) in [5.74, 6) is -5.29. The molecule has 0 fully saturated rings. The number of carboxylic acids is 4. The van der Waals surface area contributed by atoms with Gasteiger partial charge in [0.1, 0.15) is 0 Å². The van der Waals surface area contributed by atoms with Crippen molar-refractivity contribution in [3.8, 4) is 22.3 Å². The first-order chi connectivity index (χ1) is 18.4. The molecule has 8 heteroatoms. The van der Waals surface area contributed by atoms with Gasteiger partial charge in [0.25, 0.3) is 0 Å². The molecular weight excluding hydrogens is 500 g/mol. The lowest BCUT2D eigenvalue weighted by Gasteiger charge is -2.27. The predicted molar refractivity (Wildman–Crippen MR) is 144 cm³/mol. The van der Waals surface area contributed by atoms with Gasteiger partial charge in [-0.3, -0.25) is 0 Å². The van der Waals surface area contributed by atoms with Crippen LogP contribution in [0.2, 0.25) is 0 Å². The zero-order chi connectivity index (χ0) is 28.5. The first kappa shape index (κ1) is 26.8. The summed E-state index contributed by atoms with van der Waals surface area (Å²) in [6, 6.07) is 23.4. The van der Waals surface area contributed by atoms with Crippen LogP contribution in [0.3, 0.4) is 0 Å². The number of benzene rings is 4. The number of aromatic carboxylic acids is 4. The van der Waals surface area contributed by atoms with Crippen molar-refractivity contribution < 1.29 is 39.6 Å². The molecule has 196 valence electrons. The molecule has 0 saturated heterocycles. The van der Waals surface area contributed by atoms with Gasteiger partial charge in [-0.2, -0.15) is 0 Å². The van der Waals surface area contributed by atoms with E-state index in [0.717, 1.165) is 11.1 Å². The third-order valence-corrected chi connectivity index (χ3v) is 6.80. The van der Waals surface area contributed by atoms with Crippen LogP contribution in [0.5, 0.6) is 0 Å². The number of rotatable bonds is 8. The fourth-order valence-electron chi connectivity index (χ4n) is 4.52. The molecule has 0 unspecified atom stereocenters. The highest BCUT2D eigenvalue weighted by Crippen LogP contribution is 2.36. The first-order valence-corrected chi connectivity index (χ1v) is 11.8. The molecule has 8 nitrogen and oxygen atoms in total. The van der Waals surface area contributed by atoms with E-state index in [0.29, 0.717) is 22.3 Å². The van der Waals surface area contributed by atoms with Crippen LogP contribution in [0.15, 0.2) is 84.9 Å². The van der Waals surface area contributed by atoms with E-state index in [4.69, 9.17) is 0 Å². The Kier molecular flexibility index (Phi) is 7.05. The van der Waals surface area contributed by atoms with E-state index in [-0.39, 0.29) is 22.3 Å². The third kappa shape index (κ3) is 5.26. The minimum Gasteiger partial charge on any atom is -0.478 e. The molecule has 4 N–H and O–H groups in total. The monoisotopic (exact) mass is 524 g/mol. The van der Waals surface area contributed by atoms with E-state index in [1.807, 2.05) is 62.4 Å². The lowest BCUT2D eigenvalue weighted by atomic mass is 9.76. The topological polar surface area (TPSA) is 149 Å². The van der Waals surface area contributed by atoms with Crippen molar-refractivity contribution in [2.75, 3.05) is 0 Å². The van der Waals surface area contributed by atoms with Crippen LogP contribution in [-0.2, 0) is 5.41 Å². The molecule has 0 aliphatic rings. The largest absolute Gasteiger partial charge is 0.478 e. The molecule has 39 heavy (non-hydrogen) atoms. The van der Waals surface area contributed by atoms with Gasteiger partial charge in [0, 0.05) is 5.41 Å². The Hall–Kier alpha value is -5.24. The number of carboxylic acid groups (broad SMARTS) is 4. The van der Waals surface area contributed by atoms with Crippen LogP contribution in [0, 0.1) is 0 Å². The second kappa shape index (κ2) is 10.3. The van der Waals surface area contributed by atoms with Crippen molar-refractivity contribution in [2.45, 2.75) is 19.3 Å². The lowest BCUT2D eigenvalue weighted by molar-refractivity contribution is 0.0651. The summed E-state index contributed by atoms with van der Waals surface area (Å²) in [6.45, 7) is 4.02. The van der Waals surface area contributed by atoms with Crippen LogP contribution in [0.1, 0.15) is 66.4 Å². The molecule has 0 atom stereocenters. The van der Waals surface area contributed by atoms with Crippen LogP contribution < -0.4 is 0 Å². The average Bonchev–Trinajstić information content (AvgIpc) is 2.92. The quantitative estimate of drug-likeness (QED) is 0.215. The molecule has 4 aromatic carbocycles. The summed E-state index contributed by atoms with van der Waals surface area (Å²) in [6.07, 6.45) is 0. The fraction of sp³-hybridized carbons (Fsp3) is 0.0968. The molecular formula is C31H24O8. The Morgan fingerprint density at radius 1 is 0.462 bits per heavy atom. The molecule has 4 rings (SSSR count). The molecule has 0 aliphatic heterocycles. The Labute approximate surface area is 223 Å². The maximum Gasteiger partial charge on any atom is 0.336 e. The smallest absolute Gasteiger partial charge is 0.336 e. The zero-order valence-corrected chi connectivity index (χ0v) is 21.0. The Morgan fingerprint density at radius 2 is 0.795 bits per heavy atom. The van der Waals surface area contributed by atoms with Gasteiger partial charge in [0.05, 0.1) is 22.3 Å². The summed E-state index contributed by atoms with van der Waals surface area (Å²) in [5.41, 5.74) is 2.64. The van der Waals surface area contributed by atoms with E-state index in [1.54, 1.807) is 12.1 Å². The van der Waals surface area contributed by atoms with E-state index in [9.17, 15) is 39.6 Å². The van der Waals surface area contributed by atoms with E-state index < -0.39 is 29.3 Å². The van der Waals surface area contributed by atoms with E-state index in [2.05, 4.69) is 0 Å². The summed E-state index contributed by atoms with van der Waals surface area (Å²) in [7, 11) is 0. The second-order valence-electron chi connectivity index (χ2n) is 9.53. The van der Waals surface area contributed by atoms with E-state index in [1.165, 1.54) is 24.3 Å². The average molecular weight is 525 g/mol. The molecule has 0 amide bonds. The SMILES string of the molecule is CC(C)(c1cccc(-c2ccc(C(=O)O)c(C(=O)O)c2)c1)c1cccc(-c2ccc(C(=O)O)c(C(=O)O)c2)c1. The van der Waals surface area contributed by atoms with Gasteiger partial charge in [-0.1, -0.05) is 74.5 Å². The van der Waals surface area contributed by atoms with Crippen LogP contribution in [0.25, 0.3) is 22.3 Å². The summed E-state index contributed by atoms with van der Waals surface area (Å²) < 4.78 is 0. The Bertz CT molecular complexity index is 1530. The first-order valence-electron chi connectivity index (χ1n) is 11.8. The summed E-state index contributed by atoms with van der Waals surface area (Å²) in [5, 5.41) is 37.6. The summed E-state index contributed by atoms with van der Waals surface area (Å²) in [4.78, 5) is 46.2. The predicted octanol–water partition coefficient (Wildman–Crippen LogP) is 6.14. The minimum absolute atomic E-state index is 0.290. The molecule has 4 aromatic rings. The minimum atomic E-state index is -1.33. The number of hydrogen-bond donors (Lipinski definition) is 4. The molecule has 0 saturated carbocycles. The Balaban J connectivity index is 1.75. The number of carbonyl (C=O) groups is 4. The van der Waals surface area contributed by atoms with Gasteiger partial charge >= 0.3 is 23.9 Å². The maximum atomic E-state index is 11.7. The highest BCUT2D eigenvalue weighted by Gasteiger charge is 2.25. The van der Waals surface area contributed by atoms with Gasteiger partial charge in [-0.15, -0.1) is 0 Å². The number of hydrogen-bond acceptors (Lipinski definition) is 4. The van der Waals surface area contributed by atoms with Crippen molar-refractivity contribution in [1.82, 2.24) is 0 Å². The zero-order valence-electron chi connectivity index (χ0n) is 21.0. The molecule has 0 heterocycles. The third-order valence-electron chi connectivity index (χ3n) is 6.80. The van der Waals surface area contributed by atoms with Crippen LogP contribution in [0.4, 0.5) is 0 Å². The normalized spacial score (nSPS) is 11.1. The fourth-order valence-corrected chi connectivity index (χ4v) is 4.52. The summed E-state index contributed by atoms with van der Waals surface area (Å²) >= 11 is 0. The van der Waals surface area contributed by atoms with Crippen LogP contribution >= 0.6 is 0 Å². The van der Waals surface area contributed by atoms with Crippen molar-refractivity contribution >= 4 is 23.9 Å². The Morgan fingerprint density at radius 3 is 1.13 bits per heavy atom. The van der Waals surface area contributed by atoms with Crippen molar-refractivity contribution in [1.29, 1.82) is 0 Å². The molecule has 0 aliphatic carbocycles. The molecule has 0 aromatic heterocycles. The van der Waals surface area contributed by atoms with Crippen molar-refractivity contribution in [3.63, 3.8) is 0 Å². The highest BCUT2D eigenvalue weighted by molar-refractivity contribution is 6.03. The lowest BCUT2D eigenvalue weighted by Crippen LogP contribution is -2.19. The van der Waals surface area contributed by atoms with Gasteiger partial charge in [-0.05, 0) is 57.6 Å². The van der Waals surface area contributed by atoms with Gasteiger partial charge in [-0.25, -0.2) is 19.2 Å². The molecule has 0 radical (unpaired) electrons. The van der Waals surface area contributed by atoms with Crippen molar-refractivity contribution in [2.24, 2.45) is 0 Å². The highest BCUT2D eigenvalue weighted by atomic mass is 16.4. The maximum absolute atomic E-state index is 11.7. The molecule has 0 bridgehead atoms. The molecule has 0 spiro atoms. The van der Waals surface area contributed by atoms with E-state index >= 15 is 0 Å².